The molecular formula is C18H16N4O5S. The van der Waals surface area contributed by atoms with Crippen LogP contribution in [0, 0.1) is 17.0 Å². The Bertz CT molecular complexity index is 1010. The van der Waals surface area contributed by atoms with Gasteiger partial charge in [0.15, 0.2) is 5.95 Å². The van der Waals surface area contributed by atoms with Crippen LogP contribution in [0.15, 0.2) is 58.1 Å². The Hall–Kier alpha value is -3.40. The number of nitrogens with one attached hydrogen (secondary N) is 1. The third-order valence-electron chi connectivity index (χ3n) is 3.84. The summed E-state index contributed by atoms with van der Waals surface area (Å²) in [7, 11) is 0. The molecule has 0 bridgehead atoms. The minimum absolute atomic E-state index is 0.0352. The number of benzene rings is 2. The fraction of sp³-hybridized carbons (Fsp3) is 0.167. The van der Waals surface area contributed by atoms with E-state index < -0.39 is 10.9 Å². The van der Waals surface area contributed by atoms with Crippen molar-refractivity contribution in [2.75, 3.05) is 11.1 Å². The quantitative estimate of drug-likeness (QED) is 0.279. The van der Waals surface area contributed by atoms with Gasteiger partial charge in [0.25, 0.3) is 10.7 Å². The topological polar surface area (TPSA) is 125 Å². The first-order valence-corrected chi connectivity index (χ1v) is 9.26. The number of hydrogen-bond acceptors (Lipinski definition) is 7. The van der Waals surface area contributed by atoms with Crippen molar-refractivity contribution in [3.05, 3.63) is 64.2 Å². The predicted octanol–water partition coefficient (Wildman–Crippen LogP) is 2.36. The Labute approximate surface area is 164 Å². The van der Waals surface area contributed by atoms with Gasteiger partial charge < -0.3 is 14.9 Å². The number of carbonyl (C=O) groups excluding carboxylic acids is 1. The summed E-state index contributed by atoms with van der Waals surface area (Å²) >= 11 is 1.17. The van der Waals surface area contributed by atoms with Crippen LogP contribution < -0.4 is 15.1 Å². The summed E-state index contributed by atoms with van der Waals surface area (Å²) in [4.78, 5) is 22.5. The minimum Gasteiger partial charge on any atom is -0.538 e. The second kappa shape index (κ2) is 8.53. The van der Waals surface area contributed by atoms with Gasteiger partial charge in [0, 0.05) is 42.1 Å². The van der Waals surface area contributed by atoms with Crippen molar-refractivity contribution in [3.63, 3.8) is 0 Å². The molecule has 0 spiro atoms. The summed E-state index contributed by atoms with van der Waals surface area (Å²) < 4.78 is 6.12. The average molecular weight is 400 g/mol. The van der Waals surface area contributed by atoms with Crippen LogP contribution in [-0.4, -0.2) is 21.9 Å². The number of aromatic nitrogens is 2. The Morgan fingerprint density at radius 2 is 2.04 bits per heavy atom. The molecule has 0 aliphatic rings. The monoisotopic (exact) mass is 400 g/mol. The maximum atomic E-state index is 12.2. The number of thioether (sulfide) groups is 1. The predicted molar refractivity (Wildman–Crippen MR) is 99.3 cm³/mol. The Morgan fingerprint density at radius 1 is 1.29 bits per heavy atom. The molecule has 0 aliphatic carbocycles. The van der Waals surface area contributed by atoms with Gasteiger partial charge in [-0.05, 0) is 23.2 Å². The number of para-hydroxylation sites is 1. The van der Waals surface area contributed by atoms with Crippen molar-refractivity contribution >= 4 is 29.0 Å². The molecule has 3 aromatic rings. The van der Waals surface area contributed by atoms with Gasteiger partial charge in [-0.1, -0.05) is 30.0 Å². The van der Waals surface area contributed by atoms with Crippen molar-refractivity contribution in [2.45, 2.75) is 18.4 Å². The average Bonchev–Trinajstić information content (AvgIpc) is 3.04. The molecule has 0 atom stereocenters. The number of amides is 1. The molecular weight excluding hydrogens is 384 g/mol. The van der Waals surface area contributed by atoms with E-state index in [-0.39, 0.29) is 23.0 Å². The minimum atomic E-state index is -0.569. The summed E-state index contributed by atoms with van der Waals surface area (Å²) in [6.07, 6.45) is 0.139. The lowest BCUT2D eigenvalue weighted by Crippen LogP contribution is -2.34. The lowest BCUT2D eigenvalue weighted by Gasteiger charge is -2.07. The lowest BCUT2D eigenvalue weighted by molar-refractivity contribution is -0.705. The van der Waals surface area contributed by atoms with Gasteiger partial charge in [0.1, 0.15) is 0 Å². The molecule has 1 aromatic heterocycles. The fourth-order valence-electron chi connectivity index (χ4n) is 2.45. The van der Waals surface area contributed by atoms with Crippen molar-refractivity contribution in [1.29, 1.82) is 0 Å². The molecule has 144 valence electrons. The molecule has 1 amide bonds. The van der Waals surface area contributed by atoms with E-state index in [1.165, 1.54) is 34.6 Å². The van der Waals surface area contributed by atoms with Gasteiger partial charge >= 0.3 is 0 Å². The van der Waals surface area contributed by atoms with E-state index in [4.69, 9.17) is 4.52 Å². The van der Waals surface area contributed by atoms with Gasteiger partial charge in [0.05, 0.1) is 10.2 Å². The van der Waals surface area contributed by atoms with Gasteiger partial charge in [0.2, 0.25) is 11.6 Å². The highest BCUT2D eigenvalue weighted by Crippen LogP contribution is 2.25. The summed E-state index contributed by atoms with van der Waals surface area (Å²) in [6, 6.07) is 13.3. The highest BCUT2D eigenvalue weighted by molar-refractivity contribution is 7.99. The first kappa shape index (κ1) is 19.4. The van der Waals surface area contributed by atoms with Gasteiger partial charge in [-0.15, -0.1) is 0 Å². The molecule has 0 saturated heterocycles. The van der Waals surface area contributed by atoms with E-state index in [9.17, 15) is 20.0 Å². The number of hydrogen-bond donors (Lipinski definition) is 1. The van der Waals surface area contributed by atoms with Crippen LogP contribution in [0.2, 0.25) is 0 Å². The molecule has 1 heterocycles. The molecule has 0 unspecified atom stereocenters. The van der Waals surface area contributed by atoms with Gasteiger partial charge in [-0.25, -0.2) is 0 Å². The maximum absolute atomic E-state index is 12.2. The van der Waals surface area contributed by atoms with Crippen LogP contribution in [0.25, 0.3) is 5.69 Å². The molecule has 1 N–H and O–H groups in total. The van der Waals surface area contributed by atoms with E-state index in [2.05, 4.69) is 10.6 Å². The van der Waals surface area contributed by atoms with Gasteiger partial charge in [-0.2, -0.15) is 0 Å². The third-order valence-corrected chi connectivity index (χ3v) is 4.86. The molecule has 10 heteroatoms. The van der Waals surface area contributed by atoms with E-state index in [1.54, 1.807) is 19.1 Å². The van der Waals surface area contributed by atoms with E-state index >= 15 is 0 Å². The summed E-state index contributed by atoms with van der Waals surface area (Å²) in [5.74, 6) is -0.499. The zero-order chi connectivity index (χ0) is 20.1. The standard InChI is InChI=1S/C18H16N4O5S/c1-12-11-14(22(25)26)7-8-15(12)19-16(23)9-10-28-17-18(24)27-20-21(17)13-5-3-2-4-6-13/h2-8,11H,9-10H2,1H3,(H-,19,20,23,24). The molecule has 0 saturated carbocycles. The summed E-state index contributed by atoms with van der Waals surface area (Å²) in [5.41, 5.74) is 1.75. The number of aryl methyl sites for hydroxylation is 1. The van der Waals surface area contributed by atoms with E-state index in [0.717, 1.165) is 0 Å². The van der Waals surface area contributed by atoms with Crippen LogP contribution in [0.3, 0.4) is 0 Å². The zero-order valence-corrected chi connectivity index (χ0v) is 15.6. The SMILES string of the molecule is Cc1cc([N+](=O)[O-])ccc1NC(=O)CCSc1c([O-])on[n+]1-c1ccccc1. The number of nitro benzene ring substituents is 1. The highest BCUT2D eigenvalue weighted by Gasteiger charge is 2.21. The molecule has 28 heavy (non-hydrogen) atoms. The number of nitrogens with zero attached hydrogens (tertiary/aromatic N) is 3. The second-order valence-corrected chi connectivity index (χ2v) is 6.90. The number of carbonyl (C=O) groups is 1. The Balaban J connectivity index is 1.60. The van der Waals surface area contributed by atoms with Crippen molar-refractivity contribution in [1.82, 2.24) is 5.27 Å². The number of nitro groups is 1. The molecule has 0 fully saturated rings. The highest BCUT2D eigenvalue weighted by atomic mass is 32.2. The molecule has 0 radical (unpaired) electrons. The van der Waals surface area contributed by atoms with Crippen LogP contribution in [0.1, 0.15) is 12.0 Å². The number of non-ortho nitro benzene ring substituents is 1. The molecule has 0 aliphatic heterocycles. The lowest BCUT2D eigenvalue weighted by atomic mass is 10.2. The maximum Gasteiger partial charge on any atom is 0.297 e. The van der Waals surface area contributed by atoms with E-state index in [0.29, 0.717) is 22.7 Å². The Kier molecular flexibility index (Phi) is 5.90. The molecule has 3 rings (SSSR count). The summed E-state index contributed by atoms with van der Waals surface area (Å²) in [5, 5.41) is 29.4. The van der Waals surface area contributed by atoms with Crippen LogP contribution in [0.4, 0.5) is 11.4 Å². The molecule has 9 nitrogen and oxygen atoms in total. The number of rotatable bonds is 7. The summed E-state index contributed by atoms with van der Waals surface area (Å²) in [6.45, 7) is 1.68. The van der Waals surface area contributed by atoms with E-state index in [1.807, 2.05) is 18.2 Å². The largest absolute Gasteiger partial charge is 0.538 e. The third kappa shape index (κ3) is 4.46. The normalized spacial score (nSPS) is 10.6. The Morgan fingerprint density at radius 3 is 2.71 bits per heavy atom. The van der Waals surface area contributed by atoms with Crippen LogP contribution in [0.5, 0.6) is 5.95 Å². The number of anilines is 1. The van der Waals surface area contributed by atoms with Gasteiger partial charge in [-0.3, -0.25) is 14.9 Å². The second-order valence-electron chi connectivity index (χ2n) is 5.82. The van der Waals surface area contributed by atoms with Crippen LogP contribution >= 0.6 is 11.8 Å². The van der Waals surface area contributed by atoms with Crippen molar-refractivity contribution in [3.8, 4) is 11.6 Å². The first-order valence-electron chi connectivity index (χ1n) is 8.28. The van der Waals surface area contributed by atoms with Crippen LogP contribution in [-0.2, 0) is 4.79 Å². The van der Waals surface area contributed by atoms with Crippen molar-refractivity contribution < 1.29 is 24.0 Å². The van der Waals surface area contributed by atoms with Crippen molar-refractivity contribution in [2.24, 2.45) is 0 Å². The fourth-order valence-corrected chi connectivity index (χ4v) is 3.35. The first-order chi connectivity index (χ1) is 13.5. The molecule has 2 aromatic carbocycles. The smallest absolute Gasteiger partial charge is 0.297 e. The zero-order valence-electron chi connectivity index (χ0n) is 14.8.